The Morgan fingerprint density at radius 2 is 2.36 bits per heavy atom. The van der Waals surface area contributed by atoms with Gasteiger partial charge in [-0.15, -0.1) is 12.3 Å². The summed E-state index contributed by atoms with van der Waals surface area (Å²) in [6.45, 7) is 0. The van der Waals surface area contributed by atoms with Crippen LogP contribution in [-0.2, 0) is 6.42 Å². The first-order chi connectivity index (χ1) is 6.92. The average Bonchev–Trinajstić information content (AvgIpc) is 2.68. The van der Waals surface area contributed by atoms with Gasteiger partial charge in [-0.1, -0.05) is 0 Å². The van der Waals surface area contributed by atoms with Gasteiger partial charge in [0.15, 0.2) is 0 Å². The molecule has 0 aromatic carbocycles. The lowest BCUT2D eigenvalue weighted by Gasteiger charge is -1.96. The molecule has 0 aliphatic heterocycles. The van der Waals surface area contributed by atoms with Crippen molar-refractivity contribution < 1.29 is 0 Å². The zero-order chi connectivity index (χ0) is 9.80. The number of aromatic nitrogens is 3. The Labute approximate surface area is 86.2 Å². The Morgan fingerprint density at radius 3 is 3.07 bits per heavy atom. The molecule has 0 amide bonds. The maximum Gasteiger partial charge on any atom is 0.110 e. The molecule has 0 atom stereocenters. The van der Waals surface area contributed by atoms with E-state index in [1.165, 1.54) is 11.7 Å². The number of rotatable bonds is 2. The van der Waals surface area contributed by atoms with Crippen LogP contribution < -0.4 is 0 Å². The van der Waals surface area contributed by atoms with Crippen LogP contribution in [0, 0.1) is 12.3 Å². The Bertz CT molecular complexity index is 456. The van der Waals surface area contributed by atoms with Crippen LogP contribution in [0.15, 0.2) is 24.5 Å². The van der Waals surface area contributed by atoms with E-state index >= 15 is 0 Å². The predicted molar refractivity (Wildman–Crippen MR) is 55.7 cm³/mol. The monoisotopic (exact) mass is 201 g/mol. The molecule has 0 saturated carbocycles. The molecule has 0 bridgehead atoms. The zero-order valence-electron chi connectivity index (χ0n) is 7.34. The van der Waals surface area contributed by atoms with Gasteiger partial charge in [0.2, 0.25) is 0 Å². The van der Waals surface area contributed by atoms with E-state index in [2.05, 4.69) is 19.7 Å². The van der Waals surface area contributed by atoms with Crippen LogP contribution in [0.1, 0.15) is 5.69 Å². The second-order valence-corrected chi connectivity index (χ2v) is 3.21. The maximum absolute atomic E-state index is 5.24. The Balaban J connectivity index is 2.43. The Morgan fingerprint density at radius 1 is 1.43 bits per heavy atom. The van der Waals surface area contributed by atoms with Crippen LogP contribution >= 0.6 is 11.7 Å². The van der Waals surface area contributed by atoms with Gasteiger partial charge in [-0.3, -0.25) is 4.98 Å². The summed E-state index contributed by atoms with van der Waals surface area (Å²) in [7, 11) is 0. The van der Waals surface area contributed by atoms with Gasteiger partial charge >= 0.3 is 0 Å². The van der Waals surface area contributed by atoms with E-state index in [0.717, 1.165) is 17.0 Å². The van der Waals surface area contributed by atoms with E-state index in [0.29, 0.717) is 6.42 Å². The molecule has 2 rings (SSSR count). The van der Waals surface area contributed by atoms with Gasteiger partial charge < -0.3 is 0 Å². The zero-order valence-corrected chi connectivity index (χ0v) is 8.16. The molecule has 0 spiro atoms. The highest BCUT2D eigenvalue weighted by molar-refractivity contribution is 6.99. The van der Waals surface area contributed by atoms with Crippen LogP contribution in [0.2, 0.25) is 0 Å². The van der Waals surface area contributed by atoms with Crippen molar-refractivity contribution in [3.63, 3.8) is 0 Å². The number of hydrogen-bond acceptors (Lipinski definition) is 4. The molecule has 0 unspecified atom stereocenters. The van der Waals surface area contributed by atoms with Crippen molar-refractivity contribution in [1.29, 1.82) is 0 Å². The smallest absolute Gasteiger partial charge is 0.110 e. The second kappa shape index (κ2) is 3.99. The van der Waals surface area contributed by atoms with Crippen LogP contribution in [-0.4, -0.2) is 13.7 Å². The first kappa shape index (κ1) is 8.85. The van der Waals surface area contributed by atoms with E-state index < -0.39 is 0 Å². The number of nitrogens with zero attached hydrogens (tertiary/aromatic N) is 3. The topological polar surface area (TPSA) is 38.7 Å². The summed E-state index contributed by atoms with van der Waals surface area (Å²) < 4.78 is 8.34. The minimum absolute atomic E-state index is 0.515. The molecule has 0 fully saturated rings. The highest BCUT2D eigenvalue weighted by Gasteiger charge is 2.08. The molecule has 2 heterocycles. The first-order valence-electron chi connectivity index (χ1n) is 4.07. The van der Waals surface area contributed by atoms with Gasteiger partial charge in [-0.2, -0.15) is 8.75 Å². The van der Waals surface area contributed by atoms with Crippen molar-refractivity contribution in [3.8, 4) is 23.6 Å². The van der Waals surface area contributed by atoms with E-state index in [9.17, 15) is 0 Å². The van der Waals surface area contributed by atoms with Crippen LogP contribution in [0.25, 0.3) is 11.3 Å². The summed E-state index contributed by atoms with van der Waals surface area (Å²) >= 11 is 1.18. The van der Waals surface area contributed by atoms with Crippen molar-refractivity contribution in [1.82, 2.24) is 13.7 Å². The summed E-state index contributed by atoms with van der Waals surface area (Å²) in [5, 5.41) is 0. The second-order valence-electron chi connectivity index (χ2n) is 2.68. The molecule has 3 nitrogen and oxygen atoms in total. The summed E-state index contributed by atoms with van der Waals surface area (Å²) in [4.78, 5) is 4.03. The van der Waals surface area contributed by atoms with Gasteiger partial charge in [0.25, 0.3) is 0 Å². The molecular formula is C10H7N3S. The summed E-state index contributed by atoms with van der Waals surface area (Å²) in [5.41, 5.74) is 2.66. The van der Waals surface area contributed by atoms with Gasteiger partial charge in [0, 0.05) is 18.0 Å². The molecule has 68 valence electrons. The molecule has 0 radical (unpaired) electrons. The largest absolute Gasteiger partial charge is 0.264 e. The first-order valence-corrected chi connectivity index (χ1v) is 4.80. The number of hydrogen-bond donors (Lipinski definition) is 0. The molecular weight excluding hydrogens is 194 g/mol. The van der Waals surface area contributed by atoms with E-state index in [1.807, 2.05) is 12.1 Å². The molecule has 0 N–H and O–H groups in total. The van der Waals surface area contributed by atoms with Crippen molar-refractivity contribution in [2.75, 3.05) is 0 Å². The highest BCUT2D eigenvalue weighted by atomic mass is 32.1. The minimum atomic E-state index is 0.515. The van der Waals surface area contributed by atoms with Crippen LogP contribution in [0.4, 0.5) is 0 Å². The lowest BCUT2D eigenvalue weighted by molar-refractivity contribution is 1.21. The van der Waals surface area contributed by atoms with E-state index in [4.69, 9.17) is 6.42 Å². The molecule has 2 aromatic heterocycles. The number of terminal acetylenes is 1. The van der Waals surface area contributed by atoms with Gasteiger partial charge in [-0.05, 0) is 12.1 Å². The van der Waals surface area contributed by atoms with Crippen molar-refractivity contribution in [3.05, 3.63) is 30.2 Å². The Hall–Kier alpha value is -1.73. The average molecular weight is 201 g/mol. The normalized spacial score (nSPS) is 9.64. The molecule has 0 aliphatic rings. The van der Waals surface area contributed by atoms with E-state index in [1.54, 1.807) is 12.4 Å². The summed E-state index contributed by atoms with van der Waals surface area (Å²) in [5.74, 6) is 2.56. The van der Waals surface area contributed by atoms with Gasteiger partial charge in [0.05, 0.1) is 23.8 Å². The van der Waals surface area contributed by atoms with E-state index in [-0.39, 0.29) is 0 Å². The molecule has 2 aromatic rings. The highest BCUT2D eigenvalue weighted by Crippen LogP contribution is 2.20. The molecule has 0 aliphatic carbocycles. The third kappa shape index (κ3) is 1.63. The Kier molecular flexibility index (Phi) is 2.52. The SMILES string of the molecule is C#CCc1nsnc1-c1cccnc1. The van der Waals surface area contributed by atoms with Gasteiger partial charge in [0.1, 0.15) is 5.69 Å². The molecule has 0 saturated heterocycles. The fourth-order valence-electron chi connectivity index (χ4n) is 1.14. The summed E-state index contributed by atoms with van der Waals surface area (Å²) in [6.07, 6.45) is 9.24. The minimum Gasteiger partial charge on any atom is -0.264 e. The maximum atomic E-state index is 5.24. The molecule has 4 heteroatoms. The predicted octanol–water partition coefficient (Wildman–Crippen LogP) is 1.78. The fourth-order valence-corrected chi connectivity index (χ4v) is 1.72. The quantitative estimate of drug-likeness (QED) is 0.695. The van der Waals surface area contributed by atoms with Crippen molar-refractivity contribution in [2.24, 2.45) is 0 Å². The number of pyridine rings is 1. The standard InChI is InChI=1S/C10H7N3S/c1-2-4-9-10(13-14-12-9)8-5-3-6-11-7-8/h1,3,5-7H,4H2. The third-order valence-corrected chi connectivity index (χ3v) is 2.33. The van der Waals surface area contributed by atoms with Crippen LogP contribution in [0.3, 0.4) is 0 Å². The fraction of sp³-hybridized carbons (Fsp3) is 0.100. The lowest BCUT2D eigenvalue weighted by atomic mass is 10.1. The third-order valence-electron chi connectivity index (χ3n) is 1.76. The lowest BCUT2D eigenvalue weighted by Crippen LogP contribution is -1.87. The van der Waals surface area contributed by atoms with Crippen molar-refractivity contribution >= 4 is 11.7 Å². The summed E-state index contributed by atoms with van der Waals surface area (Å²) in [6, 6.07) is 3.82. The molecule has 14 heavy (non-hydrogen) atoms. The van der Waals surface area contributed by atoms with Gasteiger partial charge in [-0.25, -0.2) is 0 Å². The van der Waals surface area contributed by atoms with Crippen molar-refractivity contribution in [2.45, 2.75) is 6.42 Å². The van der Waals surface area contributed by atoms with Crippen LogP contribution in [0.5, 0.6) is 0 Å².